The van der Waals surface area contributed by atoms with Crippen LogP contribution in [0.1, 0.15) is 12.5 Å². The number of aliphatic imine (C=N–C) groups is 1. The molecule has 1 amide bonds. The quantitative estimate of drug-likeness (QED) is 0.385. The maximum Gasteiger partial charge on any atom is 0.335 e. The van der Waals surface area contributed by atoms with Crippen LogP contribution >= 0.6 is 22.6 Å². The first-order valence-corrected chi connectivity index (χ1v) is 9.19. The maximum absolute atomic E-state index is 12.2. The van der Waals surface area contributed by atoms with E-state index in [0.717, 1.165) is 8.14 Å². The third kappa shape index (κ3) is 4.36. The van der Waals surface area contributed by atoms with Crippen LogP contribution < -0.4 is 16.6 Å². The van der Waals surface area contributed by atoms with E-state index in [4.69, 9.17) is 0 Å². The van der Waals surface area contributed by atoms with Gasteiger partial charge in [0.15, 0.2) is 0 Å². The SMILES string of the molecule is CC(=O)Nc1ccc(N=Cc2c(O)n(-c3ccc(I)cc3)c(=O)[nH]c2=O)cc1. The van der Waals surface area contributed by atoms with Crippen molar-refractivity contribution in [2.75, 3.05) is 5.32 Å². The zero-order valence-corrected chi connectivity index (χ0v) is 16.8. The van der Waals surface area contributed by atoms with Gasteiger partial charge in [-0.3, -0.25) is 19.6 Å². The van der Waals surface area contributed by atoms with Crippen LogP contribution in [0.5, 0.6) is 5.88 Å². The normalized spacial score (nSPS) is 10.9. The fraction of sp³-hybridized carbons (Fsp3) is 0.0526. The number of hydrogen-bond acceptors (Lipinski definition) is 5. The number of hydrogen-bond donors (Lipinski definition) is 3. The van der Waals surface area contributed by atoms with Gasteiger partial charge in [0, 0.05) is 22.4 Å². The Morgan fingerprint density at radius 1 is 1.14 bits per heavy atom. The van der Waals surface area contributed by atoms with E-state index in [0.29, 0.717) is 17.1 Å². The second kappa shape index (κ2) is 8.21. The van der Waals surface area contributed by atoms with Crippen LogP contribution in [0.4, 0.5) is 11.4 Å². The minimum absolute atomic E-state index is 0.149. The molecule has 0 saturated carbocycles. The van der Waals surface area contributed by atoms with Crippen molar-refractivity contribution in [3.05, 3.63) is 78.5 Å². The summed E-state index contributed by atoms with van der Waals surface area (Å²) in [5.74, 6) is -0.695. The Balaban J connectivity index is 1.98. The number of aromatic amines is 1. The summed E-state index contributed by atoms with van der Waals surface area (Å²) < 4.78 is 1.96. The van der Waals surface area contributed by atoms with Gasteiger partial charge >= 0.3 is 5.69 Å². The molecule has 0 radical (unpaired) electrons. The molecule has 28 heavy (non-hydrogen) atoms. The number of H-pyrrole nitrogens is 1. The first-order chi connectivity index (χ1) is 13.3. The Labute approximate surface area is 172 Å². The Morgan fingerprint density at radius 3 is 2.39 bits per heavy atom. The van der Waals surface area contributed by atoms with Crippen molar-refractivity contribution in [1.29, 1.82) is 0 Å². The van der Waals surface area contributed by atoms with Crippen LogP contribution in [-0.2, 0) is 4.79 Å². The van der Waals surface area contributed by atoms with E-state index in [9.17, 15) is 19.5 Å². The first kappa shape index (κ1) is 19.5. The highest BCUT2D eigenvalue weighted by Crippen LogP contribution is 2.19. The third-order valence-electron chi connectivity index (χ3n) is 3.74. The summed E-state index contributed by atoms with van der Waals surface area (Å²) in [6, 6.07) is 13.5. The number of carbonyl (C=O) groups excluding carboxylic acids is 1. The monoisotopic (exact) mass is 490 g/mol. The molecule has 3 aromatic rings. The Hall–Kier alpha value is -3.21. The molecule has 8 nitrogen and oxygen atoms in total. The molecule has 1 aromatic heterocycles. The Bertz CT molecular complexity index is 1160. The van der Waals surface area contributed by atoms with Crippen molar-refractivity contribution in [2.24, 2.45) is 4.99 Å². The van der Waals surface area contributed by atoms with Crippen molar-refractivity contribution in [2.45, 2.75) is 6.92 Å². The van der Waals surface area contributed by atoms with E-state index in [1.165, 1.54) is 13.1 Å². The van der Waals surface area contributed by atoms with Gasteiger partial charge in [-0.1, -0.05) is 0 Å². The second-order valence-corrected chi connectivity index (χ2v) is 7.04. The minimum atomic E-state index is -0.750. The number of anilines is 1. The number of rotatable bonds is 4. The van der Waals surface area contributed by atoms with Gasteiger partial charge in [0.25, 0.3) is 5.56 Å². The van der Waals surface area contributed by atoms with Gasteiger partial charge in [-0.2, -0.15) is 0 Å². The summed E-state index contributed by atoms with van der Waals surface area (Å²) in [6.07, 6.45) is 1.18. The molecule has 0 atom stereocenters. The lowest BCUT2D eigenvalue weighted by Crippen LogP contribution is -2.31. The van der Waals surface area contributed by atoms with Crippen LogP contribution in [0, 0.1) is 3.57 Å². The van der Waals surface area contributed by atoms with Gasteiger partial charge in [0.05, 0.1) is 11.4 Å². The van der Waals surface area contributed by atoms with Gasteiger partial charge in [0.1, 0.15) is 5.56 Å². The van der Waals surface area contributed by atoms with Crippen molar-refractivity contribution in [1.82, 2.24) is 9.55 Å². The zero-order chi connectivity index (χ0) is 20.3. The summed E-state index contributed by atoms with van der Waals surface area (Å²) in [5.41, 5.74) is -0.125. The van der Waals surface area contributed by atoms with Crippen molar-refractivity contribution >= 4 is 46.1 Å². The molecular weight excluding hydrogens is 475 g/mol. The van der Waals surface area contributed by atoms with Crippen LogP contribution in [0.25, 0.3) is 5.69 Å². The molecule has 1 heterocycles. The molecule has 0 unspecified atom stereocenters. The van der Waals surface area contributed by atoms with Gasteiger partial charge in [-0.05, 0) is 71.1 Å². The van der Waals surface area contributed by atoms with Crippen molar-refractivity contribution < 1.29 is 9.90 Å². The zero-order valence-electron chi connectivity index (χ0n) is 14.6. The Morgan fingerprint density at radius 2 is 1.79 bits per heavy atom. The summed E-state index contributed by atoms with van der Waals surface area (Å²) in [7, 11) is 0. The third-order valence-corrected chi connectivity index (χ3v) is 4.46. The van der Waals surface area contributed by atoms with E-state index in [1.54, 1.807) is 48.5 Å². The lowest BCUT2D eigenvalue weighted by atomic mass is 10.2. The molecule has 9 heteroatoms. The number of amides is 1. The summed E-state index contributed by atoms with van der Waals surface area (Å²) in [4.78, 5) is 41.7. The van der Waals surface area contributed by atoms with Gasteiger partial charge in [0.2, 0.25) is 11.8 Å². The summed E-state index contributed by atoms with van der Waals surface area (Å²) in [6.45, 7) is 1.41. The average Bonchev–Trinajstić information content (AvgIpc) is 2.63. The van der Waals surface area contributed by atoms with E-state index in [1.807, 2.05) is 0 Å². The van der Waals surface area contributed by atoms with E-state index < -0.39 is 17.1 Å². The maximum atomic E-state index is 12.2. The average molecular weight is 490 g/mol. The lowest BCUT2D eigenvalue weighted by molar-refractivity contribution is -0.114. The number of halogens is 1. The van der Waals surface area contributed by atoms with E-state index >= 15 is 0 Å². The van der Waals surface area contributed by atoms with E-state index in [2.05, 4.69) is 37.9 Å². The molecule has 0 bridgehead atoms. The van der Waals surface area contributed by atoms with E-state index in [-0.39, 0.29) is 11.5 Å². The topological polar surface area (TPSA) is 117 Å². The first-order valence-electron chi connectivity index (χ1n) is 8.11. The smallest absolute Gasteiger partial charge is 0.335 e. The second-order valence-electron chi connectivity index (χ2n) is 5.79. The highest BCUT2D eigenvalue weighted by atomic mass is 127. The largest absolute Gasteiger partial charge is 0.493 e. The number of nitrogens with one attached hydrogen (secondary N) is 2. The molecule has 142 valence electrons. The molecular formula is C19H15IN4O4. The van der Waals surface area contributed by atoms with Crippen molar-refractivity contribution in [3.63, 3.8) is 0 Å². The number of carbonyl (C=O) groups is 1. The molecule has 2 aromatic carbocycles. The van der Waals surface area contributed by atoms with Gasteiger partial charge < -0.3 is 10.4 Å². The highest BCUT2D eigenvalue weighted by Gasteiger charge is 2.14. The number of aromatic nitrogens is 2. The molecule has 0 saturated heterocycles. The van der Waals surface area contributed by atoms with Crippen LogP contribution in [0.2, 0.25) is 0 Å². The van der Waals surface area contributed by atoms with Crippen LogP contribution in [0.3, 0.4) is 0 Å². The molecule has 0 aliphatic heterocycles. The number of nitrogens with zero attached hydrogens (tertiary/aromatic N) is 2. The fourth-order valence-electron chi connectivity index (χ4n) is 2.46. The van der Waals surface area contributed by atoms with Crippen molar-refractivity contribution in [3.8, 4) is 11.6 Å². The minimum Gasteiger partial charge on any atom is -0.493 e. The standard InChI is InChI=1S/C19H15IN4O4/c1-11(25)22-14-6-4-13(5-7-14)21-10-16-17(26)23-19(28)24(18(16)27)15-8-2-12(20)3-9-15/h2-10,27H,1H3,(H,22,25)(H,23,26,28). The number of benzene rings is 2. The highest BCUT2D eigenvalue weighted by molar-refractivity contribution is 14.1. The molecule has 0 spiro atoms. The lowest BCUT2D eigenvalue weighted by Gasteiger charge is -2.09. The fourth-order valence-corrected chi connectivity index (χ4v) is 2.82. The molecule has 0 aliphatic rings. The molecule has 0 fully saturated rings. The van der Waals surface area contributed by atoms with Gasteiger partial charge in [-0.15, -0.1) is 0 Å². The Kier molecular flexibility index (Phi) is 5.73. The van der Waals surface area contributed by atoms with Crippen LogP contribution in [0.15, 0.2) is 63.1 Å². The molecule has 0 aliphatic carbocycles. The number of aromatic hydroxyl groups is 1. The predicted octanol–water partition coefficient (Wildman–Crippen LogP) is 2.55. The predicted molar refractivity (Wildman–Crippen MR) is 115 cm³/mol. The molecule has 3 N–H and O–H groups in total. The summed E-state index contributed by atoms with van der Waals surface area (Å²) in [5, 5.41) is 13.1. The summed E-state index contributed by atoms with van der Waals surface area (Å²) >= 11 is 2.12. The molecule has 3 rings (SSSR count). The van der Waals surface area contributed by atoms with Crippen LogP contribution in [-0.4, -0.2) is 26.8 Å². The van der Waals surface area contributed by atoms with Gasteiger partial charge in [-0.25, -0.2) is 9.36 Å².